The van der Waals surface area contributed by atoms with Crippen molar-refractivity contribution in [1.29, 1.82) is 0 Å². The number of aliphatic hydroxyl groups excluding tert-OH is 1. The van der Waals surface area contributed by atoms with Gasteiger partial charge in [0, 0.05) is 12.6 Å². The van der Waals surface area contributed by atoms with Gasteiger partial charge in [-0.25, -0.2) is 13.1 Å². The molecule has 0 bridgehead atoms. The molecule has 0 spiro atoms. The second-order valence-corrected chi connectivity index (χ2v) is 6.24. The van der Waals surface area contributed by atoms with Crippen LogP contribution in [0.1, 0.15) is 11.7 Å². The lowest BCUT2D eigenvalue weighted by atomic mass is 10.1. The van der Waals surface area contributed by atoms with E-state index in [9.17, 15) is 23.6 Å². The lowest BCUT2D eigenvalue weighted by molar-refractivity contribution is -0.387. The van der Waals surface area contributed by atoms with Crippen LogP contribution in [0.4, 0.5) is 5.69 Å². The number of aliphatic hydroxyl groups is 1. The number of rotatable bonds is 6. The molecule has 0 aliphatic heterocycles. The van der Waals surface area contributed by atoms with Gasteiger partial charge in [-0.15, -0.1) is 0 Å². The van der Waals surface area contributed by atoms with E-state index in [4.69, 9.17) is 0 Å². The van der Waals surface area contributed by atoms with Gasteiger partial charge in [-0.1, -0.05) is 42.5 Å². The smallest absolute Gasteiger partial charge is 0.289 e. The third kappa shape index (κ3) is 3.67. The third-order valence-corrected chi connectivity index (χ3v) is 4.47. The minimum absolute atomic E-state index is 0.279. The van der Waals surface area contributed by atoms with Gasteiger partial charge >= 0.3 is 0 Å². The molecular weight excluding hydrogens is 308 g/mol. The Bertz CT molecular complexity index is 762. The first kappa shape index (κ1) is 16.1. The number of nitrogens with one attached hydrogen (secondary N) is 1. The maximum atomic E-state index is 12.2. The van der Waals surface area contributed by atoms with Crippen LogP contribution in [0, 0.1) is 10.1 Å². The molecule has 116 valence electrons. The maximum Gasteiger partial charge on any atom is 0.289 e. The average molecular weight is 322 g/mol. The van der Waals surface area contributed by atoms with E-state index in [1.165, 1.54) is 12.1 Å². The topological polar surface area (TPSA) is 110 Å². The Morgan fingerprint density at radius 2 is 1.68 bits per heavy atom. The minimum Gasteiger partial charge on any atom is -0.387 e. The summed E-state index contributed by atoms with van der Waals surface area (Å²) in [5.74, 6) is 0. The molecule has 0 saturated carbocycles. The molecule has 7 nitrogen and oxygen atoms in total. The summed E-state index contributed by atoms with van der Waals surface area (Å²) in [6.45, 7) is -0.279. The fourth-order valence-electron chi connectivity index (χ4n) is 1.89. The first-order chi connectivity index (χ1) is 10.4. The number of hydrogen-bond donors (Lipinski definition) is 2. The van der Waals surface area contributed by atoms with E-state index in [-0.39, 0.29) is 6.54 Å². The van der Waals surface area contributed by atoms with Crippen LogP contribution in [0.5, 0.6) is 0 Å². The van der Waals surface area contributed by atoms with Crippen LogP contribution in [-0.4, -0.2) is 25.0 Å². The lowest BCUT2D eigenvalue weighted by Gasteiger charge is -2.12. The van der Waals surface area contributed by atoms with Crippen LogP contribution >= 0.6 is 0 Å². The fourth-order valence-corrected chi connectivity index (χ4v) is 3.10. The Kier molecular flexibility index (Phi) is 4.86. The van der Waals surface area contributed by atoms with Crippen molar-refractivity contribution >= 4 is 15.7 Å². The number of nitro benzene ring substituents is 1. The molecule has 1 unspecified atom stereocenters. The van der Waals surface area contributed by atoms with Crippen molar-refractivity contribution in [2.45, 2.75) is 11.0 Å². The Morgan fingerprint density at radius 3 is 2.32 bits per heavy atom. The summed E-state index contributed by atoms with van der Waals surface area (Å²) in [6, 6.07) is 13.6. The van der Waals surface area contributed by atoms with Gasteiger partial charge in [0.05, 0.1) is 11.0 Å². The summed E-state index contributed by atoms with van der Waals surface area (Å²) < 4.78 is 26.5. The molecule has 1 atom stereocenters. The van der Waals surface area contributed by atoms with E-state index in [0.717, 1.165) is 12.1 Å². The minimum atomic E-state index is -4.09. The molecule has 0 aromatic heterocycles. The standard InChI is InChI=1S/C14H14N2O5S/c17-13(11-6-2-1-3-7-11)10-15-22(20,21)14-9-5-4-8-12(14)16(18)19/h1-9,13,15,17H,10H2. The van der Waals surface area contributed by atoms with Crippen molar-refractivity contribution in [3.8, 4) is 0 Å². The second-order valence-electron chi connectivity index (χ2n) is 4.50. The number of hydrogen-bond acceptors (Lipinski definition) is 5. The van der Waals surface area contributed by atoms with Crippen molar-refractivity contribution in [2.24, 2.45) is 0 Å². The Balaban J connectivity index is 2.17. The molecule has 2 aromatic carbocycles. The molecule has 0 fully saturated rings. The largest absolute Gasteiger partial charge is 0.387 e. The summed E-state index contributed by atoms with van der Waals surface area (Å²) in [7, 11) is -4.09. The number of nitrogens with zero attached hydrogens (tertiary/aromatic N) is 1. The average Bonchev–Trinajstić information content (AvgIpc) is 2.53. The summed E-state index contributed by atoms with van der Waals surface area (Å²) in [5.41, 5.74) is 0.0389. The van der Waals surface area contributed by atoms with Crippen molar-refractivity contribution in [3.63, 3.8) is 0 Å². The van der Waals surface area contributed by atoms with Crippen LogP contribution in [0.3, 0.4) is 0 Å². The Morgan fingerprint density at radius 1 is 1.09 bits per heavy atom. The predicted octanol–water partition coefficient (Wildman–Crippen LogP) is 1.61. The SMILES string of the molecule is O=[N+]([O-])c1ccccc1S(=O)(=O)NCC(O)c1ccccc1. The lowest BCUT2D eigenvalue weighted by Crippen LogP contribution is -2.29. The molecule has 0 aliphatic carbocycles. The summed E-state index contributed by atoms with van der Waals surface area (Å²) >= 11 is 0. The molecular formula is C14H14N2O5S. The van der Waals surface area contributed by atoms with E-state index in [1.807, 2.05) is 0 Å². The molecule has 0 saturated heterocycles. The van der Waals surface area contributed by atoms with Gasteiger partial charge in [-0.05, 0) is 11.6 Å². The Labute approximate surface area is 127 Å². The molecule has 2 N–H and O–H groups in total. The molecule has 0 heterocycles. The highest BCUT2D eigenvalue weighted by atomic mass is 32.2. The summed E-state index contributed by atoms with van der Waals surface area (Å²) in [6.07, 6.45) is -1.04. The maximum absolute atomic E-state index is 12.2. The predicted molar refractivity (Wildman–Crippen MR) is 79.7 cm³/mol. The number of sulfonamides is 1. The highest BCUT2D eigenvalue weighted by molar-refractivity contribution is 7.89. The van der Waals surface area contributed by atoms with E-state index >= 15 is 0 Å². The van der Waals surface area contributed by atoms with Crippen LogP contribution in [0.15, 0.2) is 59.5 Å². The second kappa shape index (κ2) is 6.65. The molecule has 22 heavy (non-hydrogen) atoms. The van der Waals surface area contributed by atoms with E-state index in [0.29, 0.717) is 5.56 Å². The molecule has 8 heteroatoms. The van der Waals surface area contributed by atoms with Gasteiger partial charge < -0.3 is 5.11 Å². The van der Waals surface area contributed by atoms with Crippen molar-refractivity contribution in [2.75, 3.05) is 6.54 Å². The first-order valence-corrected chi connectivity index (χ1v) is 7.86. The molecule has 0 aliphatic rings. The van der Waals surface area contributed by atoms with Crippen molar-refractivity contribution in [3.05, 3.63) is 70.3 Å². The van der Waals surface area contributed by atoms with Gasteiger partial charge in [0.2, 0.25) is 10.0 Å². The fraction of sp³-hybridized carbons (Fsp3) is 0.143. The summed E-state index contributed by atoms with van der Waals surface area (Å²) in [4.78, 5) is 9.70. The molecule has 2 aromatic rings. The number of benzene rings is 2. The van der Waals surface area contributed by atoms with Crippen molar-refractivity contribution < 1.29 is 18.4 Å². The van der Waals surface area contributed by atoms with Gasteiger partial charge in [0.25, 0.3) is 5.69 Å². The van der Waals surface area contributed by atoms with Crippen LogP contribution in [0.2, 0.25) is 0 Å². The highest BCUT2D eigenvalue weighted by Crippen LogP contribution is 2.23. The van der Waals surface area contributed by atoms with Gasteiger partial charge in [0.1, 0.15) is 0 Å². The molecule has 0 radical (unpaired) electrons. The number of nitro groups is 1. The highest BCUT2D eigenvalue weighted by Gasteiger charge is 2.25. The number of para-hydroxylation sites is 1. The van der Waals surface area contributed by atoms with E-state index in [2.05, 4.69) is 4.72 Å². The van der Waals surface area contributed by atoms with Crippen LogP contribution in [-0.2, 0) is 10.0 Å². The molecule has 2 rings (SSSR count). The van der Waals surface area contributed by atoms with Crippen LogP contribution in [0.25, 0.3) is 0 Å². The third-order valence-electron chi connectivity index (χ3n) is 3.00. The zero-order chi connectivity index (χ0) is 16.2. The van der Waals surface area contributed by atoms with Crippen molar-refractivity contribution in [1.82, 2.24) is 4.72 Å². The summed E-state index contributed by atoms with van der Waals surface area (Å²) in [5, 5.41) is 20.8. The Hall–Kier alpha value is -2.29. The monoisotopic (exact) mass is 322 g/mol. The zero-order valence-electron chi connectivity index (χ0n) is 11.4. The normalized spacial score (nSPS) is 12.8. The van der Waals surface area contributed by atoms with Gasteiger partial charge in [0.15, 0.2) is 4.90 Å². The van der Waals surface area contributed by atoms with Gasteiger partial charge in [-0.3, -0.25) is 10.1 Å². The van der Waals surface area contributed by atoms with Crippen LogP contribution < -0.4 is 4.72 Å². The quantitative estimate of drug-likeness (QED) is 0.620. The van der Waals surface area contributed by atoms with E-state index < -0.39 is 31.6 Å². The zero-order valence-corrected chi connectivity index (χ0v) is 12.2. The van der Waals surface area contributed by atoms with Gasteiger partial charge in [-0.2, -0.15) is 0 Å². The first-order valence-electron chi connectivity index (χ1n) is 6.38. The van der Waals surface area contributed by atoms with E-state index in [1.54, 1.807) is 30.3 Å². The molecule has 0 amide bonds.